The van der Waals surface area contributed by atoms with E-state index in [4.69, 9.17) is 9.47 Å². The maximum Gasteiger partial charge on any atom is 0.425 e. The smallest absolute Gasteiger partial charge is 0.425 e. The number of aromatic carboxylic acids is 1. The minimum absolute atomic E-state index is 0.119. The molecule has 2 aromatic carbocycles. The highest BCUT2D eigenvalue weighted by Crippen LogP contribution is 2.30. The van der Waals surface area contributed by atoms with Crippen molar-refractivity contribution in [3.05, 3.63) is 75.7 Å². The van der Waals surface area contributed by atoms with Gasteiger partial charge < -0.3 is 14.6 Å². The molecular formula is C22H21F4N3O5. The Morgan fingerprint density at radius 1 is 1.18 bits per heavy atom. The molecule has 8 nitrogen and oxygen atoms in total. The molecule has 2 unspecified atom stereocenters. The Kier molecular flexibility index (Phi) is 7.10. The number of carboxylic acids is 1. The molecule has 0 bridgehead atoms. The molecule has 3 rings (SSSR count). The van der Waals surface area contributed by atoms with Gasteiger partial charge in [0.05, 0.1) is 6.61 Å². The number of halogens is 4. The van der Waals surface area contributed by atoms with E-state index in [1.165, 1.54) is 7.05 Å². The molecule has 0 amide bonds. The summed E-state index contributed by atoms with van der Waals surface area (Å²) in [5, 5.41) is 13.3. The Balaban J connectivity index is 1.98. The topological polar surface area (TPSA) is 95.6 Å². The summed E-state index contributed by atoms with van der Waals surface area (Å²) in [5.74, 6) is -3.53. The maximum atomic E-state index is 14.8. The molecule has 182 valence electrons. The summed E-state index contributed by atoms with van der Waals surface area (Å²) in [4.78, 5) is 24.2. The van der Waals surface area contributed by atoms with Gasteiger partial charge in [0.25, 0.3) is 0 Å². The van der Waals surface area contributed by atoms with Crippen LogP contribution in [0, 0.1) is 5.82 Å². The van der Waals surface area contributed by atoms with Crippen molar-refractivity contribution in [2.45, 2.75) is 38.8 Å². The van der Waals surface area contributed by atoms with Crippen molar-refractivity contribution in [1.29, 1.82) is 0 Å². The lowest BCUT2D eigenvalue weighted by Gasteiger charge is -2.19. The molecule has 1 heterocycles. The quantitative estimate of drug-likeness (QED) is 0.487. The maximum absolute atomic E-state index is 14.8. The van der Waals surface area contributed by atoms with Crippen LogP contribution >= 0.6 is 0 Å². The van der Waals surface area contributed by atoms with Gasteiger partial charge in [-0.25, -0.2) is 14.0 Å². The molecular weight excluding hydrogens is 462 g/mol. The van der Waals surface area contributed by atoms with Gasteiger partial charge in [-0.3, -0.25) is 4.57 Å². The summed E-state index contributed by atoms with van der Waals surface area (Å²) in [5.41, 5.74) is -1.35. The fourth-order valence-electron chi connectivity index (χ4n) is 3.06. The summed E-state index contributed by atoms with van der Waals surface area (Å²) >= 11 is 0. The Labute approximate surface area is 191 Å². The first-order chi connectivity index (χ1) is 15.9. The second-order valence-electron chi connectivity index (χ2n) is 7.46. The number of carbonyl (C=O) groups is 1. The van der Waals surface area contributed by atoms with E-state index >= 15 is 0 Å². The van der Waals surface area contributed by atoms with Gasteiger partial charge in [-0.2, -0.15) is 17.9 Å². The van der Waals surface area contributed by atoms with Crippen LogP contribution in [0.1, 0.15) is 41.7 Å². The lowest BCUT2D eigenvalue weighted by molar-refractivity contribution is -0.189. The predicted molar refractivity (Wildman–Crippen MR) is 112 cm³/mol. The zero-order chi connectivity index (χ0) is 25.2. The minimum atomic E-state index is -4.80. The molecule has 0 fully saturated rings. The summed E-state index contributed by atoms with van der Waals surface area (Å²) < 4.78 is 65.8. The van der Waals surface area contributed by atoms with E-state index in [1.54, 1.807) is 6.92 Å². The molecule has 0 saturated carbocycles. The highest BCUT2D eigenvalue weighted by Gasteiger charge is 2.39. The number of nitrogens with zero attached hydrogens (tertiary/aromatic N) is 3. The van der Waals surface area contributed by atoms with Crippen LogP contribution in [0.4, 0.5) is 17.6 Å². The first kappa shape index (κ1) is 25.0. The first-order valence-electron chi connectivity index (χ1n) is 10.0. The van der Waals surface area contributed by atoms with Gasteiger partial charge >= 0.3 is 17.8 Å². The van der Waals surface area contributed by atoms with Crippen LogP contribution in [0.25, 0.3) is 5.69 Å². The predicted octanol–water partition coefficient (Wildman–Crippen LogP) is 4.02. The van der Waals surface area contributed by atoms with Crippen LogP contribution in [-0.2, 0) is 18.4 Å². The lowest BCUT2D eigenvalue weighted by Crippen LogP contribution is -2.32. The molecule has 0 radical (unpaired) electrons. The van der Waals surface area contributed by atoms with Gasteiger partial charge in [-0.1, -0.05) is 30.3 Å². The van der Waals surface area contributed by atoms with E-state index in [9.17, 15) is 32.3 Å². The molecule has 0 aliphatic carbocycles. The number of hydrogen-bond acceptors (Lipinski definition) is 5. The molecule has 1 aromatic heterocycles. The van der Waals surface area contributed by atoms with Crippen LogP contribution in [0.2, 0.25) is 0 Å². The number of carboxylic acid groups (broad SMARTS) is 1. The lowest BCUT2D eigenvalue weighted by atomic mass is 10.1. The van der Waals surface area contributed by atoms with E-state index in [1.807, 2.05) is 30.3 Å². The average Bonchev–Trinajstić information content (AvgIpc) is 3.07. The van der Waals surface area contributed by atoms with Gasteiger partial charge in [0.1, 0.15) is 28.9 Å². The van der Waals surface area contributed by atoms with Crippen LogP contribution in [0.5, 0.6) is 5.75 Å². The molecule has 0 aliphatic rings. The van der Waals surface area contributed by atoms with Crippen LogP contribution in [0.3, 0.4) is 0 Å². The third kappa shape index (κ3) is 5.28. The number of aromatic nitrogens is 3. The van der Waals surface area contributed by atoms with Gasteiger partial charge in [0, 0.05) is 13.1 Å². The molecule has 2 atom stereocenters. The van der Waals surface area contributed by atoms with Gasteiger partial charge in [0.2, 0.25) is 0 Å². The summed E-state index contributed by atoms with van der Waals surface area (Å²) in [6, 6.07) is 10.4. The van der Waals surface area contributed by atoms with Crippen molar-refractivity contribution in [2.75, 3.05) is 0 Å². The minimum Gasteiger partial charge on any atom is -0.480 e. The molecule has 0 aliphatic heterocycles. The van der Waals surface area contributed by atoms with E-state index in [2.05, 4.69) is 5.10 Å². The number of alkyl halides is 3. The SMILES string of the molecule is CC(OCc1ccccc1)c1nn(-c2cc(OC(C)C(F)(F)F)c(C(=O)O)cc2F)c(=O)n1C. The van der Waals surface area contributed by atoms with Crippen LogP contribution in [-0.4, -0.2) is 37.7 Å². The number of rotatable bonds is 8. The average molecular weight is 483 g/mol. The summed E-state index contributed by atoms with van der Waals surface area (Å²) in [6.07, 6.45) is -7.89. The monoisotopic (exact) mass is 483 g/mol. The zero-order valence-corrected chi connectivity index (χ0v) is 18.3. The van der Waals surface area contributed by atoms with E-state index < -0.39 is 52.9 Å². The van der Waals surface area contributed by atoms with Crippen molar-refractivity contribution in [3.8, 4) is 11.4 Å². The summed E-state index contributed by atoms with van der Waals surface area (Å²) in [7, 11) is 1.37. The van der Waals surface area contributed by atoms with E-state index in [-0.39, 0.29) is 12.4 Å². The second-order valence-corrected chi connectivity index (χ2v) is 7.46. The van der Waals surface area contributed by atoms with Gasteiger partial charge in [0.15, 0.2) is 11.9 Å². The molecule has 0 saturated heterocycles. The third-order valence-corrected chi connectivity index (χ3v) is 4.99. The second kappa shape index (κ2) is 9.67. The number of hydrogen-bond donors (Lipinski definition) is 1. The first-order valence-corrected chi connectivity index (χ1v) is 10.0. The Morgan fingerprint density at radius 3 is 2.41 bits per heavy atom. The Hall–Kier alpha value is -3.67. The fourth-order valence-corrected chi connectivity index (χ4v) is 3.06. The molecule has 0 spiro atoms. The number of ether oxygens (including phenoxy) is 2. The van der Waals surface area contributed by atoms with Crippen molar-refractivity contribution >= 4 is 5.97 Å². The van der Waals surface area contributed by atoms with Crippen LogP contribution < -0.4 is 10.4 Å². The zero-order valence-electron chi connectivity index (χ0n) is 18.3. The highest BCUT2D eigenvalue weighted by molar-refractivity contribution is 5.91. The van der Waals surface area contributed by atoms with E-state index in [0.29, 0.717) is 23.7 Å². The normalized spacial score (nSPS) is 13.5. The van der Waals surface area contributed by atoms with Crippen molar-refractivity contribution < 1.29 is 36.9 Å². The highest BCUT2D eigenvalue weighted by atomic mass is 19.4. The van der Waals surface area contributed by atoms with Crippen LogP contribution in [0.15, 0.2) is 47.3 Å². The van der Waals surface area contributed by atoms with Crippen molar-refractivity contribution in [2.24, 2.45) is 7.05 Å². The van der Waals surface area contributed by atoms with Gasteiger partial charge in [-0.15, -0.1) is 5.10 Å². The summed E-state index contributed by atoms with van der Waals surface area (Å²) in [6.45, 7) is 2.50. The fraction of sp³-hybridized carbons (Fsp3) is 0.318. The largest absolute Gasteiger partial charge is 0.480 e. The molecule has 3 aromatic rings. The third-order valence-electron chi connectivity index (χ3n) is 4.99. The molecule has 1 N–H and O–H groups in total. The number of benzene rings is 2. The van der Waals surface area contributed by atoms with E-state index in [0.717, 1.165) is 10.1 Å². The molecule has 12 heteroatoms. The van der Waals surface area contributed by atoms with Crippen molar-refractivity contribution in [1.82, 2.24) is 14.3 Å². The molecule has 34 heavy (non-hydrogen) atoms. The Bertz CT molecular complexity index is 1240. The van der Waals surface area contributed by atoms with Gasteiger partial charge in [-0.05, 0) is 25.5 Å². The van der Waals surface area contributed by atoms with Crippen molar-refractivity contribution in [3.63, 3.8) is 0 Å². The Morgan fingerprint density at radius 2 is 1.82 bits per heavy atom. The standard InChI is InChI=1S/C22H21F4N3O5/c1-12(33-11-14-7-5-4-6-8-14)19-27-29(21(32)28(19)3)17-10-18(34-13(2)22(24,25)26)15(20(30)31)9-16(17)23/h4-10,12-13H,11H2,1-3H3,(H,30,31).